The maximum atomic E-state index is 14.0. The molecule has 1 aromatic heterocycles. The Morgan fingerprint density at radius 1 is 1.11 bits per heavy atom. The van der Waals surface area contributed by atoms with E-state index in [1.165, 1.54) is 6.07 Å². The molecule has 0 saturated carbocycles. The zero-order valence-electron chi connectivity index (χ0n) is 15.9. The average molecular weight is 367 g/mol. The van der Waals surface area contributed by atoms with Crippen LogP contribution in [0.3, 0.4) is 0 Å². The number of aromatic nitrogens is 1. The summed E-state index contributed by atoms with van der Waals surface area (Å²) in [6.45, 7) is 5.02. The quantitative estimate of drug-likeness (QED) is 0.681. The monoisotopic (exact) mass is 367 g/mol. The maximum absolute atomic E-state index is 14.0. The smallest absolute Gasteiger partial charge is 0.340 e. The molecule has 0 spiro atoms. The molecule has 0 aliphatic rings. The third-order valence-electron chi connectivity index (χ3n) is 4.63. The minimum absolute atomic E-state index is 0.217. The molecular weight excluding hydrogens is 343 g/mol. The molecule has 1 atom stereocenters. The second-order valence-corrected chi connectivity index (χ2v) is 6.70. The summed E-state index contributed by atoms with van der Waals surface area (Å²) in [4.78, 5) is 18.4. The van der Waals surface area contributed by atoms with Gasteiger partial charge in [0.1, 0.15) is 24.6 Å². The molecule has 1 unspecified atom stereocenters. The number of fused-ring (bicyclic) bond motifs is 1. The summed E-state index contributed by atoms with van der Waals surface area (Å²) in [6.07, 6.45) is 0. The van der Waals surface area contributed by atoms with E-state index in [1.807, 2.05) is 44.3 Å². The van der Waals surface area contributed by atoms with Gasteiger partial charge in [0.2, 0.25) is 0 Å². The van der Waals surface area contributed by atoms with Gasteiger partial charge in [-0.3, -0.25) is 0 Å². The van der Waals surface area contributed by atoms with Gasteiger partial charge in [0, 0.05) is 10.9 Å². The molecule has 5 heteroatoms. The minimum Gasteiger partial charge on any atom is -0.462 e. The number of esters is 1. The van der Waals surface area contributed by atoms with Crippen molar-refractivity contribution in [2.75, 3.05) is 13.7 Å². The van der Waals surface area contributed by atoms with Crippen molar-refractivity contribution < 1.29 is 18.8 Å². The molecular formula is C22H24FN2O2+. The summed E-state index contributed by atoms with van der Waals surface area (Å²) in [5.41, 5.74) is 3.55. The van der Waals surface area contributed by atoms with Crippen molar-refractivity contribution in [3.8, 4) is 0 Å². The fourth-order valence-electron chi connectivity index (χ4n) is 3.36. The highest BCUT2D eigenvalue weighted by Crippen LogP contribution is 2.23. The van der Waals surface area contributed by atoms with Gasteiger partial charge in [-0.1, -0.05) is 36.4 Å². The Balaban J connectivity index is 1.97. The van der Waals surface area contributed by atoms with Crippen LogP contribution in [0.4, 0.5) is 4.39 Å². The first-order valence-corrected chi connectivity index (χ1v) is 9.11. The zero-order valence-corrected chi connectivity index (χ0v) is 15.9. The number of aryl methyl sites for hydroxylation is 1. The van der Waals surface area contributed by atoms with Crippen molar-refractivity contribution in [2.45, 2.75) is 26.9 Å². The molecule has 3 rings (SSSR count). The lowest BCUT2D eigenvalue weighted by Crippen LogP contribution is -3.06. The van der Waals surface area contributed by atoms with Crippen LogP contribution in [0.25, 0.3) is 10.9 Å². The van der Waals surface area contributed by atoms with Crippen LogP contribution in [-0.2, 0) is 17.8 Å². The number of carbonyl (C=O) groups is 1. The maximum Gasteiger partial charge on any atom is 0.340 e. The summed E-state index contributed by atoms with van der Waals surface area (Å²) in [5.74, 6) is -0.577. The number of hydrogen-bond acceptors (Lipinski definition) is 3. The highest BCUT2D eigenvalue weighted by atomic mass is 19.1. The van der Waals surface area contributed by atoms with Gasteiger partial charge < -0.3 is 9.64 Å². The molecule has 1 N–H and O–H groups in total. The van der Waals surface area contributed by atoms with Gasteiger partial charge in [-0.25, -0.2) is 14.2 Å². The predicted molar refractivity (Wildman–Crippen MR) is 103 cm³/mol. The van der Waals surface area contributed by atoms with Gasteiger partial charge in [0.05, 0.1) is 24.7 Å². The molecule has 4 nitrogen and oxygen atoms in total. The van der Waals surface area contributed by atoms with Crippen LogP contribution >= 0.6 is 0 Å². The number of nitrogens with zero attached hydrogens (tertiary/aromatic N) is 1. The fourth-order valence-corrected chi connectivity index (χ4v) is 3.36. The lowest BCUT2D eigenvalue weighted by atomic mass is 10.0. The number of ether oxygens (including phenoxy) is 1. The summed E-state index contributed by atoms with van der Waals surface area (Å²) < 4.78 is 19.2. The molecule has 3 aromatic rings. The molecule has 0 radical (unpaired) electrons. The lowest BCUT2D eigenvalue weighted by Gasteiger charge is -2.18. The van der Waals surface area contributed by atoms with Crippen LogP contribution in [-0.4, -0.2) is 24.6 Å². The highest BCUT2D eigenvalue weighted by Gasteiger charge is 2.22. The van der Waals surface area contributed by atoms with Crippen LogP contribution in [0, 0.1) is 12.7 Å². The minimum atomic E-state index is -0.359. The van der Waals surface area contributed by atoms with E-state index in [0.717, 1.165) is 21.4 Å². The number of hydrogen-bond donors (Lipinski definition) is 1. The standard InChI is InChI=1S/C22H23FN2O2/c1-4-27-22(26)21-15(2)17-10-6-8-12-19(17)24-20(21)14-25(3)13-16-9-5-7-11-18(16)23/h5-12H,4,13-14H2,1-3H3/p+1. The van der Waals surface area contributed by atoms with E-state index in [4.69, 9.17) is 9.72 Å². The molecule has 0 aliphatic carbocycles. The van der Waals surface area contributed by atoms with Crippen molar-refractivity contribution >= 4 is 16.9 Å². The number of nitrogens with one attached hydrogen (secondary N) is 1. The van der Waals surface area contributed by atoms with Crippen molar-refractivity contribution in [2.24, 2.45) is 0 Å². The van der Waals surface area contributed by atoms with Crippen molar-refractivity contribution in [1.29, 1.82) is 0 Å². The van der Waals surface area contributed by atoms with Crippen molar-refractivity contribution in [3.63, 3.8) is 0 Å². The molecule has 1 heterocycles. The molecule has 0 fully saturated rings. The van der Waals surface area contributed by atoms with E-state index in [1.54, 1.807) is 19.1 Å². The predicted octanol–water partition coefficient (Wildman–Crippen LogP) is 3.07. The summed E-state index contributed by atoms with van der Waals surface area (Å²) >= 11 is 0. The third kappa shape index (κ3) is 4.14. The van der Waals surface area contributed by atoms with E-state index in [0.29, 0.717) is 36.5 Å². The fraction of sp³-hybridized carbons (Fsp3) is 0.273. The number of halogens is 1. The van der Waals surface area contributed by atoms with Crippen LogP contribution in [0.15, 0.2) is 48.5 Å². The van der Waals surface area contributed by atoms with Gasteiger partial charge >= 0.3 is 5.97 Å². The SMILES string of the molecule is CCOC(=O)c1c(C[NH+](C)Cc2ccccc2F)nc2ccccc2c1C. The second-order valence-electron chi connectivity index (χ2n) is 6.70. The number of benzene rings is 2. The summed E-state index contributed by atoms with van der Waals surface area (Å²) in [6, 6.07) is 14.5. The Morgan fingerprint density at radius 2 is 1.81 bits per heavy atom. The van der Waals surface area contributed by atoms with Crippen LogP contribution in [0.5, 0.6) is 0 Å². The van der Waals surface area contributed by atoms with Crippen molar-refractivity contribution in [3.05, 3.63) is 76.7 Å². The lowest BCUT2D eigenvalue weighted by molar-refractivity contribution is -0.908. The second kappa shape index (κ2) is 8.27. The van der Waals surface area contributed by atoms with Crippen LogP contribution in [0.2, 0.25) is 0 Å². The van der Waals surface area contributed by atoms with E-state index in [-0.39, 0.29) is 11.8 Å². The Kier molecular flexibility index (Phi) is 5.81. The Morgan fingerprint density at radius 3 is 2.56 bits per heavy atom. The molecule has 140 valence electrons. The summed E-state index contributed by atoms with van der Waals surface area (Å²) in [7, 11) is 1.97. The summed E-state index contributed by atoms with van der Waals surface area (Å²) in [5, 5.41) is 0.941. The first kappa shape index (κ1) is 19.0. The number of rotatable bonds is 6. The third-order valence-corrected chi connectivity index (χ3v) is 4.63. The molecule has 0 aliphatic heterocycles. The number of pyridine rings is 1. The van der Waals surface area contributed by atoms with Crippen LogP contribution in [0.1, 0.15) is 34.1 Å². The number of carbonyl (C=O) groups excluding carboxylic acids is 1. The average Bonchev–Trinajstić information content (AvgIpc) is 2.64. The topological polar surface area (TPSA) is 43.6 Å². The largest absolute Gasteiger partial charge is 0.462 e. The molecule has 2 aromatic carbocycles. The van der Waals surface area contributed by atoms with Crippen LogP contribution < -0.4 is 4.90 Å². The van der Waals surface area contributed by atoms with Gasteiger partial charge in [0.15, 0.2) is 0 Å². The zero-order chi connectivity index (χ0) is 19.4. The Bertz CT molecular complexity index is 972. The molecule has 0 saturated heterocycles. The van der Waals surface area contributed by atoms with Gasteiger partial charge in [-0.2, -0.15) is 0 Å². The molecule has 0 bridgehead atoms. The molecule has 0 amide bonds. The van der Waals surface area contributed by atoms with E-state index >= 15 is 0 Å². The first-order chi connectivity index (χ1) is 13.0. The Hall–Kier alpha value is -2.79. The Labute approximate surface area is 158 Å². The van der Waals surface area contributed by atoms with Crippen molar-refractivity contribution in [1.82, 2.24) is 4.98 Å². The number of para-hydroxylation sites is 1. The first-order valence-electron chi connectivity index (χ1n) is 9.11. The number of quaternary nitrogens is 1. The van der Waals surface area contributed by atoms with E-state index in [2.05, 4.69) is 0 Å². The molecule has 27 heavy (non-hydrogen) atoms. The van der Waals surface area contributed by atoms with Gasteiger partial charge in [0.25, 0.3) is 0 Å². The van der Waals surface area contributed by atoms with Gasteiger partial charge in [-0.05, 0) is 31.5 Å². The highest BCUT2D eigenvalue weighted by molar-refractivity contribution is 5.98. The van der Waals surface area contributed by atoms with E-state index < -0.39 is 0 Å². The normalized spacial score (nSPS) is 12.1. The van der Waals surface area contributed by atoms with E-state index in [9.17, 15) is 9.18 Å². The van der Waals surface area contributed by atoms with Gasteiger partial charge in [-0.15, -0.1) is 0 Å².